The number of nitrogens with one attached hydrogen (secondary N) is 1. The molecular weight excluding hydrogens is 535 g/mol. The van der Waals surface area contributed by atoms with Gasteiger partial charge in [-0.15, -0.1) is 0 Å². The number of halogens is 1. The van der Waals surface area contributed by atoms with E-state index in [0.717, 1.165) is 5.56 Å². The Morgan fingerprint density at radius 2 is 1.74 bits per heavy atom. The van der Waals surface area contributed by atoms with Crippen LogP contribution < -0.4 is 5.32 Å². The van der Waals surface area contributed by atoms with Crippen LogP contribution in [0.3, 0.4) is 0 Å². The van der Waals surface area contributed by atoms with Crippen LogP contribution >= 0.6 is 0 Å². The molecule has 0 bridgehead atoms. The number of ether oxygens (including phenoxy) is 1. The molecule has 1 N–H and O–H groups in total. The van der Waals surface area contributed by atoms with E-state index in [-0.39, 0.29) is 41.6 Å². The Morgan fingerprint density at radius 1 is 1.00 bits per heavy atom. The fourth-order valence-electron chi connectivity index (χ4n) is 5.43. The maximum atomic E-state index is 13.6. The van der Waals surface area contributed by atoms with Crippen LogP contribution in [0.2, 0.25) is 0 Å². The number of rotatable bonds is 9. The van der Waals surface area contributed by atoms with Gasteiger partial charge in [0.1, 0.15) is 11.6 Å². The van der Waals surface area contributed by atoms with Crippen molar-refractivity contribution in [3.05, 3.63) is 112 Å². The minimum atomic E-state index is -0.560. The Bertz CT molecular complexity index is 1610. The van der Waals surface area contributed by atoms with Crippen LogP contribution in [0.5, 0.6) is 0 Å². The first-order valence-corrected chi connectivity index (χ1v) is 14.1. The fourth-order valence-corrected chi connectivity index (χ4v) is 5.43. The first-order chi connectivity index (χ1) is 20.1. The summed E-state index contributed by atoms with van der Waals surface area (Å²) in [5, 5.41) is 2.82. The van der Waals surface area contributed by atoms with Crippen LogP contribution in [-0.2, 0) is 30.5 Å². The smallest absolute Gasteiger partial charge is 0.340 e. The van der Waals surface area contributed by atoms with Gasteiger partial charge in [-0.3, -0.25) is 14.6 Å². The predicted octanol–water partition coefficient (Wildman–Crippen LogP) is 6.53. The number of benzene rings is 2. The van der Waals surface area contributed by atoms with Gasteiger partial charge >= 0.3 is 5.97 Å². The van der Waals surface area contributed by atoms with Crippen molar-refractivity contribution < 1.29 is 27.9 Å². The van der Waals surface area contributed by atoms with E-state index in [0.29, 0.717) is 65.1 Å². The van der Waals surface area contributed by atoms with Gasteiger partial charge in [-0.2, -0.15) is 0 Å². The quantitative estimate of drug-likeness (QED) is 0.231. The average Bonchev–Trinajstić information content (AvgIpc) is 3.48. The summed E-state index contributed by atoms with van der Waals surface area (Å²) in [6, 6.07) is 16.6. The molecule has 5 rings (SSSR count). The molecule has 0 atom stereocenters. The summed E-state index contributed by atoms with van der Waals surface area (Å²) in [4.78, 5) is 44.8. The standard InChI is InChI=1S/C34H33FN2O5/c1-4-41-33(40)31-26(16-9-21-7-14-24(35)15-8-21)37-27-18-34(2,3)19-28(38)30(27)29(31)22-10-12-23(13-11-22)32(39)36-20-25-6-5-17-42-25/h5-8,10-15,17H,4,9,16,18-20H2,1-3H3,(H,36,39). The Hall–Kier alpha value is -4.59. The van der Waals surface area contributed by atoms with E-state index in [1.807, 2.05) is 13.8 Å². The highest BCUT2D eigenvalue weighted by atomic mass is 19.1. The first-order valence-electron chi connectivity index (χ1n) is 14.1. The molecule has 0 saturated heterocycles. The van der Waals surface area contributed by atoms with Gasteiger partial charge in [-0.1, -0.05) is 38.1 Å². The molecule has 216 valence electrons. The van der Waals surface area contributed by atoms with Crippen LogP contribution in [0.1, 0.15) is 81.0 Å². The molecule has 2 aromatic heterocycles. The summed E-state index contributed by atoms with van der Waals surface area (Å²) >= 11 is 0. The zero-order valence-corrected chi connectivity index (χ0v) is 24.0. The van der Waals surface area contributed by atoms with Gasteiger partial charge < -0.3 is 14.5 Å². The maximum Gasteiger partial charge on any atom is 0.340 e. The van der Waals surface area contributed by atoms with Crippen molar-refractivity contribution in [1.29, 1.82) is 0 Å². The summed E-state index contributed by atoms with van der Waals surface area (Å²) in [7, 11) is 0. The minimum Gasteiger partial charge on any atom is -0.467 e. The van der Waals surface area contributed by atoms with E-state index in [9.17, 15) is 18.8 Å². The Balaban J connectivity index is 1.58. The van der Waals surface area contributed by atoms with Crippen molar-refractivity contribution in [3.8, 4) is 11.1 Å². The molecule has 0 aliphatic heterocycles. The second kappa shape index (κ2) is 12.1. The number of esters is 1. The van der Waals surface area contributed by atoms with Gasteiger partial charge in [0.05, 0.1) is 36.4 Å². The van der Waals surface area contributed by atoms with E-state index < -0.39 is 5.97 Å². The second-order valence-corrected chi connectivity index (χ2v) is 11.3. The van der Waals surface area contributed by atoms with Crippen molar-refractivity contribution in [3.63, 3.8) is 0 Å². The van der Waals surface area contributed by atoms with Gasteiger partial charge in [-0.05, 0) is 79.1 Å². The maximum absolute atomic E-state index is 13.6. The fraction of sp³-hybridized carbons (Fsp3) is 0.294. The molecular formula is C34H33FN2O5. The normalized spacial score (nSPS) is 13.9. The number of carbonyl (C=O) groups is 3. The number of nitrogens with zero attached hydrogens (tertiary/aromatic N) is 1. The van der Waals surface area contributed by atoms with Gasteiger partial charge in [0, 0.05) is 23.1 Å². The number of furan rings is 1. The van der Waals surface area contributed by atoms with Gasteiger partial charge in [0.2, 0.25) is 0 Å². The third kappa shape index (κ3) is 6.33. The molecule has 1 aliphatic carbocycles. The summed E-state index contributed by atoms with van der Waals surface area (Å²) < 4.78 is 24.3. The zero-order valence-electron chi connectivity index (χ0n) is 24.0. The number of hydrogen-bond donors (Lipinski definition) is 1. The number of fused-ring (bicyclic) bond motifs is 1. The van der Waals surface area contributed by atoms with Crippen molar-refractivity contribution >= 4 is 17.7 Å². The highest BCUT2D eigenvalue weighted by Gasteiger charge is 2.37. The van der Waals surface area contributed by atoms with Crippen LogP contribution in [0, 0.1) is 11.2 Å². The SMILES string of the molecule is CCOC(=O)c1c(CCc2ccc(F)cc2)nc2c(c1-c1ccc(C(=O)NCc3ccco3)cc1)C(=O)CC(C)(C)C2. The average molecular weight is 569 g/mol. The largest absolute Gasteiger partial charge is 0.467 e. The van der Waals surface area contributed by atoms with E-state index >= 15 is 0 Å². The Kier molecular flexibility index (Phi) is 8.34. The molecule has 1 aliphatic rings. The lowest BCUT2D eigenvalue weighted by atomic mass is 9.73. The van der Waals surface area contributed by atoms with E-state index in [1.54, 1.807) is 61.7 Å². The van der Waals surface area contributed by atoms with Gasteiger partial charge in [0.25, 0.3) is 5.91 Å². The monoisotopic (exact) mass is 568 g/mol. The molecule has 0 unspecified atom stereocenters. The summed E-state index contributed by atoms with van der Waals surface area (Å²) in [5.41, 5.74) is 3.99. The van der Waals surface area contributed by atoms with Gasteiger partial charge in [0.15, 0.2) is 5.78 Å². The molecule has 0 saturated carbocycles. The van der Waals surface area contributed by atoms with Crippen LogP contribution in [0.4, 0.5) is 4.39 Å². The number of pyridine rings is 1. The number of ketones is 1. The number of amides is 1. The molecule has 8 heteroatoms. The molecule has 42 heavy (non-hydrogen) atoms. The van der Waals surface area contributed by atoms with Crippen molar-refractivity contribution in [2.24, 2.45) is 5.41 Å². The third-order valence-electron chi connectivity index (χ3n) is 7.39. The van der Waals surface area contributed by atoms with Crippen molar-refractivity contribution in [2.75, 3.05) is 6.61 Å². The van der Waals surface area contributed by atoms with Gasteiger partial charge in [-0.25, -0.2) is 9.18 Å². The predicted molar refractivity (Wildman–Crippen MR) is 156 cm³/mol. The van der Waals surface area contributed by atoms with E-state index in [4.69, 9.17) is 14.1 Å². The van der Waals surface area contributed by atoms with Crippen LogP contribution in [0.25, 0.3) is 11.1 Å². The molecule has 7 nitrogen and oxygen atoms in total. The Morgan fingerprint density at radius 3 is 2.40 bits per heavy atom. The van der Waals surface area contributed by atoms with Crippen LogP contribution in [0.15, 0.2) is 71.3 Å². The second-order valence-electron chi connectivity index (χ2n) is 11.3. The molecule has 1 amide bonds. The van der Waals surface area contributed by atoms with Crippen molar-refractivity contribution in [2.45, 2.75) is 53.0 Å². The molecule has 0 fully saturated rings. The number of carbonyl (C=O) groups excluding carboxylic acids is 3. The number of aryl methyl sites for hydroxylation is 2. The summed E-state index contributed by atoms with van der Waals surface area (Å²) in [6.07, 6.45) is 3.34. The Labute approximate surface area is 244 Å². The van der Waals surface area contributed by atoms with E-state index in [2.05, 4.69) is 5.32 Å². The molecule has 0 spiro atoms. The zero-order chi connectivity index (χ0) is 29.9. The number of aromatic nitrogens is 1. The topological polar surface area (TPSA) is 98.5 Å². The molecule has 2 heterocycles. The highest BCUT2D eigenvalue weighted by molar-refractivity contribution is 6.10. The highest BCUT2D eigenvalue weighted by Crippen LogP contribution is 2.41. The summed E-state index contributed by atoms with van der Waals surface area (Å²) in [6.45, 7) is 6.19. The molecule has 2 aromatic carbocycles. The lowest BCUT2D eigenvalue weighted by Crippen LogP contribution is -2.30. The van der Waals surface area contributed by atoms with Crippen LogP contribution in [-0.4, -0.2) is 29.3 Å². The lowest BCUT2D eigenvalue weighted by molar-refractivity contribution is 0.0525. The van der Waals surface area contributed by atoms with E-state index in [1.165, 1.54) is 12.1 Å². The number of Topliss-reactive ketones (excluding diaryl/α,β-unsaturated/α-hetero) is 1. The lowest BCUT2D eigenvalue weighted by Gasteiger charge is -2.32. The number of hydrogen-bond acceptors (Lipinski definition) is 6. The first kappa shape index (κ1) is 28.9. The minimum absolute atomic E-state index is 0.0837. The third-order valence-corrected chi connectivity index (χ3v) is 7.39. The molecule has 4 aromatic rings. The molecule has 0 radical (unpaired) electrons. The summed E-state index contributed by atoms with van der Waals surface area (Å²) in [5.74, 6) is -0.608. The van der Waals surface area contributed by atoms with Crippen molar-refractivity contribution in [1.82, 2.24) is 10.3 Å².